The van der Waals surface area contributed by atoms with Crippen LogP contribution in [-0.4, -0.2) is 0 Å². The van der Waals surface area contributed by atoms with Crippen molar-refractivity contribution in [2.24, 2.45) is 0 Å². The van der Waals surface area contributed by atoms with Gasteiger partial charge in [-0.1, -0.05) is 39.0 Å². The summed E-state index contributed by atoms with van der Waals surface area (Å²) in [6.07, 6.45) is 0. The molecule has 0 radical (unpaired) electrons. The Labute approximate surface area is 132 Å². The van der Waals surface area contributed by atoms with E-state index in [2.05, 4.69) is 32.2 Å². The molecule has 2 nitrogen and oxygen atoms in total. The number of benzene rings is 2. The topological polar surface area (TPSA) is 38.0 Å². The lowest BCUT2D eigenvalue weighted by molar-refractivity contribution is 0.592. The molecule has 0 aromatic heterocycles. The maximum atomic E-state index is 13.7. The van der Waals surface area contributed by atoms with Crippen LogP contribution < -0.4 is 11.1 Å². The third kappa shape index (κ3) is 3.23. The summed E-state index contributed by atoms with van der Waals surface area (Å²) in [5.41, 5.74) is 9.22. The van der Waals surface area contributed by atoms with Crippen LogP contribution in [0.25, 0.3) is 0 Å². The maximum Gasteiger partial charge on any atom is 0.138 e. The number of nitrogen functional groups attached to an aromatic ring is 1. The van der Waals surface area contributed by atoms with Gasteiger partial charge >= 0.3 is 0 Å². The molecule has 0 aliphatic heterocycles. The summed E-state index contributed by atoms with van der Waals surface area (Å²) in [6.45, 7) is 6.43. The first-order valence-corrected chi connectivity index (χ1v) is 7.48. The highest BCUT2D eigenvalue weighted by atomic mass is 127. The van der Waals surface area contributed by atoms with Gasteiger partial charge in [0.1, 0.15) is 5.82 Å². The highest BCUT2D eigenvalue weighted by Gasteiger charge is 2.18. The van der Waals surface area contributed by atoms with Crippen molar-refractivity contribution < 1.29 is 4.39 Å². The summed E-state index contributed by atoms with van der Waals surface area (Å²) in [5, 5.41) is 3.25. The number of rotatable bonds is 2. The average molecular weight is 384 g/mol. The minimum Gasteiger partial charge on any atom is -0.397 e. The van der Waals surface area contributed by atoms with Gasteiger partial charge in [0.25, 0.3) is 0 Å². The molecule has 0 spiro atoms. The Morgan fingerprint density at radius 2 is 1.75 bits per heavy atom. The molecule has 0 unspecified atom stereocenters. The SMILES string of the molecule is CC(C)(C)c1ccccc1Nc1cc(F)c(I)cc1N. The summed E-state index contributed by atoms with van der Waals surface area (Å²) in [6, 6.07) is 11.1. The number of hydrogen-bond donors (Lipinski definition) is 2. The molecule has 3 N–H and O–H groups in total. The molecule has 20 heavy (non-hydrogen) atoms. The van der Waals surface area contributed by atoms with E-state index in [1.165, 1.54) is 11.6 Å². The summed E-state index contributed by atoms with van der Waals surface area (Å²) in [5.74, 6) is -0.268. The minimum absolute atomic E-state index is 0.000103. The Morgan fingerprint density at radius 1 is 1.10 bits per heavy atom. The molecule has 0 atom stereocenters. The average Bonchev–Trinajstić information content (AvgIpc) is 2.35. The Bertz CT molecular complexity index is 633. The van der Waals surface area contributed by atoms with Crippen molar-refractivity contribution >= 4 is 39.7 Å². The zero-order valence-corrected chi connectivity index (χ0v) is 14.0. The first-order valence-electron chi connectivity index (χ1n) is 6.40. The van der Waals surface area contributed by atoms with E-state index in [1.54, 1.807) is 6.07 Å². The van der Waals surface area contributed by atoms with Gasteiger partial charge < -0.3 is 11.1 Å². The number of para-hydroxylation sites is 1. The third-order valence-electron chi connectivity index (χ3n) is 3.10. The summed E-state index contributed by atoms with van der Waals surface area (Å²) in [7, 11) is 0. The summed E-state index contributed by atoms with van der Waals surface area (Å²) in [4.78, 5) is 0. The summed E-state index contributed by atoms with van der Waals surface area (Å²) < 4.78 is 14.2. The van der Waals surface area contributed by atoms with Crippen LogP contribution in [0, 0.1) is 9.39 Å². The molecule has 0 saturated heterocycles. The fourth-order valence-electron chi connectivity index (χ4n) is 2.06. The second-order valence-corrected chi connectivity index (χ2v) is 6.94. The number of halogens is 2. The second kappa shape index (κ2) is 5.60. The van der Waals surface area contributed by atoms with Gasteiger partial charge in [-0.15, -0.1) is 0 Å². The zero-order valence-electron chi connectivity index (χ0n) is 11.8. The lowest BCUT2D eigenvalue weighted by atomic mass is 9.86. The monoisotopic (exact) mass is 384 g/mol. The molecule has 0 amide bonds. The van der Waals surface area contributed by atoms with Gasteiger partial charge in [-0.2, -0.15) is 0 Å². The van der Waals surface area contributed by atoms with E-state index < -0.39 is 0 Å². The lowest BCUT2D eigenvalue weighted by Crippen LogP contribution is -2.13. The van der Waals surface area contributed by atoms with Crippen LogP contribution in [0.5, 0.6) is 0 Å². The van der Waals surface area contributed by atoms with Crippen LogP contribution in [0.2, 0.25) is 0 Å². The van der Waals surface area contributed by atoms with Crippen LogP contribution in [0.1, 0.15) is 26.3 Å². The molecule has 0 aliphatic carbocycles. The number of hydrogen-bond acceptors (Lipinski definition) is 2. The predicted molar refractivity (Wildman–Crippen MR) is 92.0 cm³/mol. The van der Waals surface area contributed by atoms with Gasteiger partial charge in [0, 0.05) is 11.8 Å². The highest BCUT2D eigenvalue weighted by Crippen LogP contribution is 2.33. The fraction of sp³-hybridized carbons (Fsp3) is 0.250. The molecule has 0 heterocycles. The van der Waals surface area contributed by atoms with Crippen molar-refractivity contribution in [2.45, 2.75) is 26.2 Å². The van der Waals surface area contributed by atoms with Gasteiger partial charge in [-0.25, -0.2) is 4.39 Å². The van der Waals surface area contributed by atoms with Crippen LogP contribution in [-0.2, 0) is 5.41 Å². The van der Waals surface area contributed by atoms with Gasteiger partial charge in [0.2, 0.25) is 0 Å². The van der Waals surface area contributed by atoms with Crippen LogP contribution >= 0.6 is 22.6 Å². The zero-order chi connectivity index (χ0) is 14.9. The van der Waals surface area contributed by atoms with Gasteiger partial charge in [0.05, 0.1) is 14.9 Å². The van der Waals surface area contributed by atoms with Crippen molar-refractivity contribution in [3.63, 3.8) is 0 Å². The maximum absolute atomic E-state index is 13.7. The van der Waals surface area contributed by atoms with E-state index >= 15 is 0 Å². The second-order valence-electron chi connectivity index (χ2n) is 5.77. The first kappa shape index (κ1) is 15.1. The van der Waals surface area contributed by atoms with Crippen LogP contribution in [0.3, 0.4) is 0 Å². The van der Waals surface area contributed by atoms with Crippen molar-refractivity contribution in [1.29, 1.82) is 0 Å². The Kier molecular flexibility index (Phi) is 4.22. The number of anilines is 3. The molecule has 4 heteroatoms. The van der Waals surface area contributed by atoms with E-state index in [0.29, 0.717) is 14.9 Å². The minimum atomic E-state index is -0.268. The van der Waals surface area contributed by atoms with Crippen LogP contribution in [0.15, 0.2) is 36.4 Å². The van der Waals surface area contributed by atoms with Crippen molar-refractivity contribution in [3.8, 4) is 0 Å². The molecular formula is C16H18FIN2. The normalized spacial score (nSPS) is 11.4. The van der Waals surface area contributed by atoms with Gasteiger partial charge in [-0.05, 0) is 45.7 Å². The quantitative estimate of drug-likeness (QED) is 0.562. The molecule has 2 rings (SSSR count). The van der Waals surface area contributed by atoms with E-state index in [0.717, 1.165) is 5.69 Å². The summed E-state index contributed by atoms with van der Waals surface area (Å²) >= 11 is 1.93. The number of nitrogens with two attached hydrogens (primary N) is 1. The van der Waals surface area contributed by atoms with Crippen molar-refractivity contribution in [3.05, 3.63) is 51.3 Å². The molecule has 0 fully saturated rings. The van der Waals surface area contributed by atoms with E-state index in [4.69, 9.17) is 5.73 Å². The molecule has 2 aromatic carbocycles. The Balaban J connectivity index is 2.43. The van der Waals surface area contributed by atoms with E-state index in [-0.39, 0.29) is 11.2 Å². The van der Waals surface area contributed by atoms with E-state index in [1.807, 2.05) is 40.8 Å². The van der Waals surface area contributed by atoms with E-state index in [9.17, 15) is 4.39 Å². The molecule has 0 saturated carbocycles. The molecule has 0 bridgehead atoms. The first-order chi connectivity index (χ1) is 9.29. The smallest absolute Gasteiger partial charge is 0.138 e. The largest absolute Gasteiger partial charge is 0.397 e. The van der Waals surface area contributed by atoms with Gasteiger partial charge in [-0.3, -0.25) is 0 Å². The standard InChI is InChI=1S/C16H18FIN2/c1-16(2,3)10-6-4-5-7-14(10)20-15-8-11(17)12(18)9-13(15)19/h4-9,20H,19H2,1-3H3. The van der Waals surface area contributed by atoms with Crippen molar-refractivity contribution in [1.82, 2.24) is 0 Å². The predicted octanol–water partition coefficient (Wildman–Crippen LogP) is 5.05. The molecule has 2 aromatic rings. The third-order valence-corrected chi connectivity index (χ3v) is 3.92. The molecule has 0 aliphatic rings. The lowest BCUT2D eigenvalue weighted by Gasteiger charge is -2.24. The number of nitrogens with one attached hydrogen (secondary N) is 1. The molecule has 106 valence electrons. The highest BCUT2D eigenvalue weighted by molar-refractivity contribution is 14.1. The fourth-order valence-corrected chi connectivity index (χ4v) is 2.55. The van der Waals surface area contributed by atoms with Crippen LogP contribution in [0.4, 0.5) is 21.5 Å². The Morgan fingerprint density at radius 3 is 2.40 bits per heavy atom. The van der Waals surface area contributed by atoms with Gasteiger partial charge in [0.15, 0.2) is 0 Å². The Hall–Kier alpha value is -1.30. The van der Waals surface area contributed by atoms with Crippen molar-refractivity contribution in [2.75, 3.05) is 11.1 Å². The molecular weight excluding hydrogens is 366 g/mol.